The molecule has 2 N–H and O–H groups in total. The second kappa shape index (κ2) is 10.0. The number of amides is 1. The molecule has 4 aromatic rings. The second-order valence-corrected chi connectivity index (χ2v) is 8.50. The zero-order chi connectivity index (χ0) is 25.1. The molecule has 3 aromatic heterocycles. The van der Waals surface area contributed by atoms with Gasteiger partial charge in [0, 0.05) is 49.6 Å². The van der Waals surface area contributed by atoms with E-state index in [1.54, 1.807) is 30.6 Å². The number of nitrogens with zero attached hydrogens (tertiary/aromatic N) is 6. The van der Waals surface area contributed by atoms with E-state index in [4.69, 9.17) is 0 Å². The number of benzene rings is 1. The fourth-order valence-corrected chi connectivity index (χ4v) is 4.03. The summed E-state index contributed by atoms with van der Waals surface area (Å²) >= 11 is 0. The topological polar surface area (TPSA) is 99.2 Å². The summed E-state index contributed by atoms with van der Waals surface area (Å²) in [5.74, 6) is 0.378. The maximum Gasteiger partial charge on any atom is 0.247 e. The maximum atomic E-state index is 15.0. The van der Waals surface area contributed by atoms with Crippen LogP contribution in [0.4, 0.5) is 27.5 Å². The number of carbonyl (C=O) groups excluding carboxylic acids is 1. The van der Waals surface area contributed by atoms with Crippen LogP contribution in [0.3, 0.4) is 0 Å². The zero-order valence-corrected chi connectivity index (χ0v) is 19.8. The van der Waals surface area contributed by atoms with Crippen LogP contribution in [0.15, 0.2) is 67.6 Å². The fourth-order valence-electron chi connectivity index (χ4n) is 4.03. The molecule has 0 radical (unpaired) electrons. The number of likely N-dealkylation sites (N-methyl/N-ethyl adjacent to an activating group) is 1. The molecule has 1 aliphatic rings. The summed E-state index contributed by atoms with van der Waals surface area (Å²) in [4.78, 5) is 34.1. The van der Waals surface area contributed by atoms with Crippen molar-refractivity contribution in [2.24, 2.45) is 0 Å². The van der Waals surface area contributed by atoms with Crippen LogP contribution in [0.1, 0.15) is 0 Å². The molecule has 1 amide bonds. The largest absolute Gasteiger partial charge is 0.354 e. The van der Waals surface area contributed by atoms with Crippen molar-refractivity contribution in [2.75, 3.05) is 48.8 Å². The summed E-state index contributed by atoms with van der Waals surface area (Å²) in [6.07, 6.45) is 6.03. The summed E-state index contributed by atoms with van der Waals surface area (Å²) in [7, 11) is 2.12. The van der Waals surface area contributed by atoms with Gasteiger partial charge in [0.2, 0.25) is 11.9 Å². The third-order valence-electron chi connectivity index (χ3n) is 6.00. The van der Waals surface area contributed by atoms with Gasteiger partial charge in [0.05, 0.1) is 28.7 Å². The van der Waals surface area contributed by atoms with Gasteiger partial charge < -0.3 is 20.4 Å². The minimum absolute atomic E-state index is 0.219. The van der Waals surface area contributed by atoms with Crippen LogP contribution in [-0.2, 0) is 4.79 Å². The third-order valence-corrected chi connectivity index (χ3v) is 6.00. The van der Waals surface area contributed by atoms with E-state index in [1.807, 2.05) is 12.1 Å². The second-order valence-electron chi connectivity index (χ2n) is 8.50. The number of fused-ring (bicyclic) bond motifs is 1. The molecular formula is C26H25FN8O. The molecule has 36 heavy (non-hydrogen) atoms. The molecule has 182 valence electrons. The van der Waals surface area contributed by atoms with E-state index in [1.165, 1.54) is 12.3 Å². The molecule has 1 aromatic carbocycles. The number of nitrogens with one attached hydrogen (secondary N) is 2. The number of hydrogen-bond acceptors (Lipinski definition) is 8. The van der Waals surface area contributed by atoms with Gasteiger partial charge in [-0.15, -0.1) is 0 Å². The lowest BCUT2D eigenvalue weighted by molar-refractivity contribution is -0.111. The molecule has 0 bridgehead atoms. The number of aromatic nitrogens is 4. The first-order chi connectivity index (χ1) is 17.5. The monoisotopic (exact) mass is 484 g/mol. The molecule has 1 aliphatic heterocycles. The Kier molecular flexibility index (Phi) is 6.50. The van der Waals surface area contributed by atoms with Gasteiger partial charge in [-0.05, 0) is 49.5 Å². The zero-order valence-electron chi connectivity index (χ0n) is 19.8. The molecule has 1 saturated heterocycles. The molecule has 1 fully saturated rings. The van der Waals surface area contributed by atoms with Crippen molar-refractivity contribution in [1.82, 2.24) is 24.8 Å². The van der Waals surface area contributed by atoms with Crippen LogP contribution >= 0.6 is 0 Å². The fraction of sp³-hybridized carbons (Fsp3) is 0.192. The lowest BCUT2D eigenvalue weighted by Gasteiger charge is -2.33. The van der Waals surface area contributed by atoms with Crippen molar-refractivity contribution in [1.29, 1.82) is 0 Å². The molecule has 0 saturated carbocycles. The molecule has 0 unspecified atom stereocenters. The number of hydrogen-bond donors (Lipinski definition) is 2. The smallest absolute Gasteiger partial charge is 0.247 e. The van der Waals surface area contributed by atoms with Gasteiger partial charge in [-0.1, -0.05) is 6.58 Å². The van der Waals surface area contributed by atoms with Gasteiger partial charge in [-0.2, -0.15) is 0 Å². The predicted molar refractivity (Wildman–Crippen MR) is 139 cm³/mol. The first-order valence-electron chi connectivity index (χ1n) is 11.5. The van der Waals surface area contributed by atoms with Crippen LogP contribution < -0.4 is 15.5 Å². The van der Waals surface area contributed by atoms with Crippen molar-refractivity contribution >= 4 is 40.0 Å². The van der Waals surface area contributed by atoms with E-state index in [0.29, 0.717) is 28.2 Å². The Morgan fingerprint density at radius 2 is 1.86 bits per heavy atom. The SMILES string of the molecule is C=CC(=O)Nc1ccnc(-c2c(F)ccc3cnc(Nc4ccc(N5CCN(C)CC5)nc4)nc23)c1. The number of carbonyl (C=O) groups is 1. The van der Waals surface area contributed by atoms with Gasteiger partial charge >= 0.3 is 0 Å². The minimum atomic E-state index is -0.481. The van der Waals surface area contributed by atoms with E-state index in [-0.39, 0.29) is 11.5 Å². The minimum Gasteiger partial charge on any atom is -0.354 e. The lowest BCUT2D eigenvalue weighted by Crippen LogP contribution is -2.44. The van der Waals surface area contributed by atoms with Gasteiger partial charge in [0.15, 0.2) is 0 Å². The van der Waals surface area contributed by atoms with Gasteiger partial charge in [0.1, 0.15) is 11.6 Å². The molecule has 4 heterocycles. The number of halogens is 1. The Morgan fingerprint density at radius 3 is 2.61 bits per heavy atom. The van der Waals surface area contributed by atoms with Crippen LogP contribution in [0, 0.1) is 5.82 Å². The summed E-state index contributed by atoms with van der Waals surface area (Å²) < 4.78 is 15.0. The Labute approximate surface area is 207 Å². The number of pyridine rings is 2. The van der Waals surface area contributed by atoms with Crippen molar-refractivity contribution in [3.05, 3.63) is 73.5 Å². The van der Waals surface area contributed by atoms with Crippen molar-refractivity contribution in [2.45, 2.75) is 0 Å². The maximum absolute atomic E-state index is 15.0. The summed E-state index contributed by atoms with van der Waals surface area (Å²) in [5.41, 5.74) is 2.14. The van der Waals surface area contributed by atoms with Gasteiger partial charge in [-0.25, -0.2) is 19.3 Å². The molecule has 5 rings (SSSR count). The quantitative estimate of drug-likeness (QED) is 0.398. The molecular weight excluding hydrogens is 459 g/mol. The normalized spacial score (nSPS) is 14.0. The van der Waals surface area contributed by atoms with Crippen LogP contribution in [0.25, 0.3) is 22.2 Å². The van der Waals surface area contributed by atoms with Crippen LogP contribution in [0.2, 0.25) is 0 Å². The highest BCUT2D eigenvalue weighted by molar-refractivity contribution is 6.00. The van der Waals surface area contributed by atoms with E-state index < -0.39 is 5.82 Å². The first kappa shape index (κ1) is 23.3. The number of piperazine rings is 1. The van der Waals surface area contributed by atoms with E-state index in [2.05, 4.69) is 54.0 Å². The van der Waals surface area contributed by atoms with Crippen molar-refractivity contribution < 1.29 is 9.18 Å². The molecule has 9 nitrogen and oxygen atoms in total. The van der Waals surface area contributed by atoms with Crippen LogP contribution in [-0.4, -0.2) is 64.0 Å². The van der Waals surface area contributed by atoms with Gasteiger partial charge in [-0.3, -0.25) is 9.78 Å². The van der Waals surface area contributed by atoms with Crippen molar-refractivity contribution in [3.63, 3.8) is 0 Å². The Morgan fingerprint density at radius 1 is 1.03 bits per heavy atom. The van der Waals surface area contributed by atoms with E-state index in [9.17, 15) is 4.79 Å². The summed E-state index contributed by atoms with van der Waals surface area (Å²) in [5, 5.41) is 6.48. The molecule has 0 atom stereocenters. The Hall–Kier alpha value is -4.44. The average Bonchev–Trinajstić information content (AvgIpc) is 2.89. The first-order valence-corrected chi connectivity index (χ1v) is 11.5. The van der Waals surface area contributed by atoms with Crippen molar-refractivity contribution in [3.8, 4) is 11.3 Å². The number of rotatable bonds is 6. The summed E-state index contributed by atoms with van der Waals surface area (Å²) in [6, 6.07) is 10.1. The highest BCUT2D eigenvalue weighted by Crippen LogP contribution is 2.31. The van der Waals surface area contributed by atoms with E-state index in [0.717, 1.165) is 43.8 Å². The van der Waals surface area contributed by atoms with E-state index >= 15 is 4.39 Å². The number of anilines is 4. The standard InChI is InChI=1S/C26H25FN8O/c1-3-23(36)31-18-8-9-28-21(14-18)24-20(27)6-4-17-15-30-26(33-25(17)24)32-19-5-7-22(29-16-19)35-12-10-34(2)11-13-35/h3-9,14-16H,1,10-13H2,2H3,(H,28,31,36)(H,30,32,33). The predicted octanol–water partition coefficient (Wildman–Crippen LogP) is 3.85. The lowest BCUT2D eigenvalue weighted by atomic mass is 10.1. The Balaban J connectivity index is 1.43. The molecule has 0 aliphatic carbocycles. The summed E-state index contributed by atoms with van der Waals surface area (Å²) in [6.45, 7) is 7.33. The average molecular weight is 485 g/mol. The van der Waals surface area contributed by atoms with Crippen LogP contribution in [0.5, 0.6) is 0 Å². The third kappa shape index (κ3) is 4.98. The Bertz CT molecular complexity index is 1420. The highest BCUT2D eigenvalue weighted by atomic mass is 19.1. The highest BCUT2D eigenvalue weighted by Gasteiger charge is 2.17. The van der Waals surface area contributed by atoms with Gasteiger partial charge in [0.25, 0.3) is 0 Å². The molecule has 10 heteroatoms. The molecule has 0 spiro atoms.